The maximum absolute atomic E-state index is 2.45. The summed E-state index contributed by atoms with van der Waals surface area (Å²) in [6.07, 6.45) is 0. The molecule has 12 aromatic carbocycles. The van der Waals surface area contributed by atoms with E-state index in [-0.39, 0.29) is 10.8 Å². The van der Waals surface area contributed by atoms with Gasteiger partial charge >= 0.3 is 0 Å². The van der Waals surface area contributed by atoms with Crippen molar-refractivity contribution in [2.45, 2.75) is 43.9 Å². The lowest BCUT2D eigenvalue weighted by Gasteiger charge is -2.33. The van der Waals surface area contributed by atoms with Gasteiger partial charge in [-0.05, 0) is 183 Å². The summed E-state index contributed by atoms with van der Waals surface area (Å²) in [6.45, 7) is 9.48. The zero-order valence-electron chi connectivity index (χ0n) is 43.6. The SMILES string of the molecule is CC1(C)c2ccccc2-c2ccc(N(c3ccccc3)c3ccc4c5c(ccc4c3)-c3ccc4cc(N(c6ccccc6)c6ccc7c(c6)C(C)(C)c6ccccc6-7)ccc4c3C53c4ccccc4-c4ccccc43)cc21. The van der Waals surface area contributed by atoms with Gasteiger partial charge in [-0.15, -0.1) is 0 Å². The van der Waals surface area contributed by atoms with Crippen LogP contribution in [0.15, 0.2) is 255 Å². The molecule has 12 aromatic rings. The summed E-state index contributed by atoms with van der Waals surface area (Å²) in [5.74, 6) is 0. The topological polar surface area (TPSA) is 6.48 Å². The third-order valence-electron chi connectivity index (χ3n) is 18.2. The van der Waals surface area contributed by atoms with Gasteiger partial charge in [-0.2, -0.15) is 0 Å². The Morgan fingerprint density at radius 1 is 0.234 bits per heavy atom. The van der Waals surface area contributed by atoms with Crippen LogP contribution in [0.1, 0.15) is 72.2 Å². The lowest BCUT2D eigenvalue weighted by molar-refractivity contribution is 0.660. The average molecular weight is 983 g/mol. The summed E-state index contributed by atoms with van der Waals surface area (Å²) >= 11 is 0. The zero-order valence-corrected chi connectivity index (χ0v) is 43.6. The first-order chi connectivity index (χ1) is 37.7. The molecule has 0 radical (unpaired) electrons. The quantitative estimate of drug-likeness (QED) is 0.164. The number of benzene rings is 12. The van der Waals surface area contributed by atoms with E-state index < -0.39 is 5.41 Å². The Morgan fingerprint density at radius 3 is 0.961 bits per heavy atom. The molecule has 0 aliphatic heterocycles. The lowest BCUT2D eigenvalue weighted by atomic mass is 9.68. The van der Waals surface area contributed by atoms with Crippen LogP contribution < -0.4 is 9.80 Å². The number of rotatable bonds is 6. The van der Waals surface area contributed by atoms with E-state index in [0.717, 1.165) is 34.1 Å². The van der Waals surface area contributed by atoms with Gasteiger partial charge < -0.3 is 9.80 Å². The standard InChI is InChI=1S/C75H54N2/c1-73(2)65-27-15-11-23-57(65)61-41-35-53(45-69(61)73)76(49-19-7-5-8-20-49)51-33-39-55-47(43-51)31-37-63-64-38-32-48-44-52(34-40-56(48)72(64)75(71(55)63)67-29-17-13-25-59(67)60-26-14-18-30-68(60)75)77(50-21-9-6-10-22-50)54-36-42-62-58-24-12-16-28-66(58)74(3,4)70(62)46-54/h5-46H,1-4H3. The highest BCUT2D eigenvalue weighted by atomic mass is 15.1. The molecule has 4 aliphatic carbocycles. The fourth-order valence-electron chi connectivity index (χ4n) is 14.8. The molecule has 2 nitrogen and oxygen atoms in total. The van der Waals surface area contributed by atoms with E-state index in [4.69, 9.17) is 0 Å². The van der Waals surface area contributed by atoms with Crippen LogP contribution in [0.2, 0.25) is 0 Å². The molecule has 0 N–H and O–H groups in total. The van der Waals surface area contributed by atoms with E-state index in [9.17, 15) is 0 Å². The third-order valence-corrected chi connectivity index (χ3v) is 18.2. The van der Waals surface area contributed by atoms with Gasteiger partial charge in [0.15, 0.2) is 0 Å². The Kier molecular flexibility index (Phi) is 9.10. The summed E-state index contributed by atoms with van der Waals surface area (Å²) in [5, 5.41) is 4.98. The number of hydrogen-bond donors (Lipinski definition) is 0. The van der Waals surface area contributed by atoms with Crippen molar-refractivity contribution in [3.05, 3.63) is 299 Å². The van der Waals surface area contributed by atoms with Crippen molar-refractivity contribution in [1.82, 2.24) is 0 Å². The van der Waals surface area contributed by atoms with Crippen LogP contribution in [0.3, 0.4) is 0 Å². The van der Waals surface area contributed by atoms with Gasteiger partial charge in [0.1, 0.15) is 0 Å². The summed E-state index contributed by atoms with van der Waals surface area (Å²) < 4.78 is 0. The van der Waals surface area contributed by atoms with E-state index in [2.05, 4.69) is 292 Å². The number of para-hydroxylation sites is 2. The second kappa shape index (κ2) is 15.9. The van der Waals surface area contributed by atoms with Crippen LogP contribution in [0.4, 0.5) is 34.1 Å². The Bertz CT molecular complexity index is 4180. The summed E-state index contributed by atoms with van der Waals surface area (Å²) in [4.78, 5) is 4.90. The molecule has 4 aliphatic rings. The number of nitrogens with zero attached hydrogens (tertiary/aromatic N) is 2. The zero-order chi connectivity index (χ0) is 51.4. The number of fused-ring (bicyclic) bond motifs is 20. The molecule has 0 heterocycles. The largest absolute Gasteiger partial charge is 0.310 e. The minimum Gasteiger partial charge on any atom is -0.310 e. The van der Waals surface area contributed by atoms with Crippen molar-refractivity contribution in [2.24, 2.45) is 0 Å². The first kappa shape index (κ1) is 44.1. The molecule has 0 saturated carbocycles. The predicted molar refractivity (Wildman–Crippen MR) is 322 cm³/mol. The van der Waals surface area contributed by atoms with Crippen LogP contribution in [0.25, 0.3) is 66.1 Å². The molecule has 0 aromatic heterocycles. The van der Waals surface area contributed by atoms with Crippen molar-refractivity contribution < 1.29 is 0 Å². The van der Waals surface area contributed by atoms with Crippen molar-refractivity contribution in [3.8, 4) is 44.5 Å². The van der Waals surface area contributed by atoms with E-state index in [1.54, 1.807) is 0 Å². The molecule has 2 heteroatoms. The van der Waals surface area contributed by atoms with Crippen LogP contribution in [-0.2, 0) is 16.2 Å². The maximum atomic E-state index is 2.45. The smallest absolute Gasteiger partial charge is 0.0737 e. The Labute approximate surface area is 450 Å². The van der Waals surface area contributed by atoms with Crippen molar-refractivity contribution in [1.29, 1.82) is 0 Å². The lowest BCUT2D eigenvalue weighted by Crippen LogP contribution is -2.26. The van der Waals surface area contributed by atoms with Crippen LogP contribution in [0.5, 0.6) is 0 Å². The van der Waals surface area contributed by atoms with Gasteiger partial charge in [0.25, 0.3) is 0 Å². The molecule has 0 saturated heterocycles. The molecule has 0 fully saturated rings. The minimum absolute atomic E-state index is 0.119. The summed E-state index contributed by atoms with van der Waals surface area (Å²) in [7, 11) is 0. The van der Waals surface area contributed by atoms with E-state index in [0.29, 0.717) is 0 Å². The predicted octanol–water partition coefficient (Wildman–Crippen LogP) is 19.9. The molecular formula is C75H54N2. The summed E-state index contributed by atoms with van der Waals surface area (Å²) in [5.41, 5.74) is 27.4. The molecular weight excluding hydrogens is 929 g/mol. The van der Waals surface area contributed by atoms with E-state index >= 15 is 0 Å². The number of hydrogen-bond acceptors (Lipinski definition) is 2. The molecule has 0 bridgehead atoms. The molecule has 16 rings (SSSR count). The van der Waals surface area contributed by atoms with Gasteiger partial charge in [0.2, 0.25) is 0 Å². The van der Waals surface area contributed by atoms with Crippen molar-refractivity contribution >= 4 is 55.7 Å². The highest BCUT2D eigenvalue weighted by Gasteiger charge is 2.53. The Morgan fingerprint density at radius 2 is 0.545 bits per heavy atom. The fourth-order valence-corrected chi connectivity index (χ4v) is 14.8. The van der Waals surface area contributed by atoms with Crippen LogP contribution in [0, 0.1) is 0 Å². The monoisotopic (exact) mass is 982 g/mol. The first-order valence-corrected chi connectivity index (χ1v) is 27.2. The first-order valence-electron chi connectivity index (χ1n) is 27.2. The van der Waals surface area contributed by atoms with Crippen molar-refractivity contribution in [2.75, 3.05) is 9.80 Å². The maximum Gasteiger partial charge on any atom is 0.0737 e. The normalized spacial score (nSPS) is 14.8. The van der Waals surface area contributed by atoms with Crippen molar-refractivity contribution in [3.63, 3.8) is 0 Å². The second-order valence-electron chi connectivity index (χ2n) is 22.8. The van der Waals surface area contributed by atoms with Gasteiger partial charge in [-0.3, -0.25) is 0 Å². The van der Waals surface area contributed by atoms with E-state index in [1.165, 1.54) is 111 Å². The molecule has 0 amide bonds. The van der Waals surface area contributed by atoms with Crippen LogP contribution in [-0.4, -0.2) is 0 Å². The van der Waals surface area contributed by atoms with Gasteiger partial charge in [-0.1, -0.05) is 210 Å². The molecule has 0 atom stereocenters. The summed E-state index contributed by atoms with van der Waals surface area (Å²) in [6, 6.07) is 96.3. The van der Waals surface area contributed by atoms with Gasteiger partial charge in [0.05, 0.1) is 5.41 Å². The van der Waals surface area contributed by atoms with Gasteiger partial charge in [-0.25, -0.2) is 0 Å². The second-order valence-corrected chi connectivity index (χ2v) is 22.8. The highest BCUT2D eigenvalue weighted by Crippen LogP contribution is 2.66. The highest BCUT2D eigenvalue weighted by molar-refractivity contribution is 6.10. The van der Waals surface area contributed by atoms with Gasteiger partial charge in [0, 0.05) is 45.0 Å². The third kappa shape index (κ3) is 5.96. The van der Waals surface area contributed by atoms with Crippen LogP contribution >= 0.6 is 0 Å². The Balaban J connectivity index is 0.888. The minimum atomic E-state index is -0.570. The Hall–Kier alpha value is -9.24. The van der Waals surface area contributed by atoms with E-state index in [1.807, 2.05) is 0 Å². The average Bonchev–Trinajstić information content (AvgIpc) is 3.39. The molecule has 364 valence electrons. The molecule has 1 spiro atoms. The number of anilines is 6. The molecule has 77 heavy (non-hydrogen) atoms. The molecule has 0 unspecified atom stereocenters. The fraction of sp³-hybridized carbons (Fsp3) is 0.0933.